The van der Waals surface area contributed by atoms with E-state index < -0.39 is 0 Å². The van der Waals surface area contributed by atoms with Crippen LogP contribution in [-0.4, -0.2) is 52.0 Å². The molecule has 5 rings (SSSR count). The lowest BCUT2D eigenvalue weighted by Gasteiger charge is -2.32. The first-order valence-corrected chi connectivity index (χ1v) is 13.3. The van der Waals surface area contributed by atoms with Gasteiger partial charge in [0.2, 0.25) is 0 Å². The van der Waals surface area contributed by atoms with E-state index in [2.05, 4.69) is 26.3 Å². The first kappa shape index (κ1) is 25.7. The number of likely N-dealkylation sites (tertiary alicyclic amines) is 1. The van der Waals surface area contributed by atoms with E-state index in [9.17, 15) is 14.4 Å². The van der Waals surface area contributed by atoms with Crippen LogP contribution in [0.2, 0.25) is 0 Å². The van der Waals surface area contributed by atoms with Gasteiger partial charge < -0.3 is 15.0 Å². The SMILES string of the molecule is CCOC(=O)c1ccc(C(=O)N2CCC(c3ccc(NC(=O)c4cc5cc(Br)ccn5n4)cc3)CC2)cc1. The van der Waals surface area contributed by atoms with Crippen molar-refractivity contribution in [2.45, 2.75) is 25.7 Å². The number of ether oxygens (including phenoxy) is 1. The number of rotatable bonds is 6. The molecule has 0 bridgehead atoms. The molecule has 1 saturated heterocycles. The number of benzene rings is 2. The predicted octanol–water partition coefficient (Wildman–Crippen LogP) is 5.55. The Hall–Kier alpha value is -3.98. The molecule has 2 aromatic carbocycles. The number of nitrogens with one attached hydrogen (secondary N) is 1. The van der Waals surface area contributed by atoms with E-state index in [1.807, 2.05) is 41.3 Å². The Morgan fingerprint density at radius 2 is 1.66 bits per heavy atom. The van der Waals surface area contributed by atoms with Crippen LogP contribution in [0.3, 0.4) is 0 Å². The van der Waals surface area contributed by atoms with Crippen LogP contribution in [0.25, 0.3) is 5.52 Å². The number of hydrogen-bond acceptors (Lipinski definition) is 5. The van der Waals surface area contributed by atoms with Crippen molar-refractivity contribution in [1.29, 1.82) is 0 Å². The summed E-state index contributed by atoms with van der Waals surface area (Å²) < 4.78 is 7.59. The lowest BCUT2D eigenvalue weighted by molar-refractivity contribution is 0.0525. The molecular formula is C29H27BrN4O4. The van der Waals surface area contributed by atoms with Gasteiger partial charge in [-0.25, -0.2) is 9.31 Å². The van der Waals surface area contributed by atoms with Crippen LogP contribution < -0.4 is 5.32 Å². The van der Waals surface area contributed by atoms with Gasteiger partial charge >= 0.3 is 5.97 Å². The van der Waals surface area contributed by atoms with Gasteiger partial charge in [0.15, 0.2) is 5.69 Å². The first-order chi connectivity index (χ1) is 18.4. The molecule has 0 atom stereocenters. The van der Waals surface area contributed by atoms with Crippen LogP contribution in [-0.2, 0) is 4.74 Å². The van der Waals surface area contributed by atoms with Gasteiger partial charge in [-0.05, 0) is 85.8 Å². The van der Waals surface area contributed by atoms with E-state index in [4.69, 9.17) is 4.74 Å². The highest BCUT2D eigenvalue weighted by Gasteiger charge is 2.25. The predicted molar refractivity (Wildman–Crippen MR) is 148 cm³/mol. The van der Waals surface area contributed by atoms with E-state index in [-0.39, 0.29) is 17.8 Å². The minimum absolute atomic E-state index is 0.0313. The third-order valence-corrected chi connectivity index (χ3v) is 7.22. The maximum atomic E-state index is 12.9. The summed E-state index contributed by atoms with van der Waals surface area (Å²) in [4.78, 5) is 39.3. The molecule has 194 valence electrons. The van der Waals surface area contributed by atoms with Crippen LogP contribution >= 0.6 is 15.9 Å². The van der Waals surface area contributed by atoms with Crippen LogP contribution in [0, 0.1) is 0 Å². The Labute approximate surface area is 228 Å². The maximum absolute atomic E-state index is 12.9. The number of carbonyl (C=O) groups excluding carboxylic acids is 3. The Bertz CT molecular complexity index is 1470. The molecule has 4 aromatic rings. The second kappa shape index (κ2) is 11.2. The standard InChI is InChI=1S/C29H27BrN4O4/c1-2-38-29(37)22-5-3-21(4-6-22)28(36)33-14-11-20(12-15-33)19-7-9-24(10-8-19)31-27(35)26-18-25-17-23(30)13-16-34(25)32-26/h3-10,13,16-18,20H,2,11-12,14-15H2,1H3,(H,31,35). The molecule has 0 spiro atoms. The van der Waals surface area contributed by atoms with Crippen molar-refractivity contribution in [1.82, 2.24) is 14.5 Å². The number of nitrogens with zero attached hydrogens (tertiary/aromatic N) is 3. The summed E-state index contributed by atoms with van der Waals surface area (Å²) in [5.74, 6) is -0.343. The van der Waals surface area contributed by atoms with Crippen LogP contribution in [0.4, 0.5) is 5.69 Å². The Kier molecular flexibility index (Phi) is 7.55. The number of pyridine rings is 1. The molecule has 3 heterocycles. The number of carbonyl (C=O) groups is 3. The summed E-state index contributed by atoms with van der Waals surface area (Å²) in [6.07, 6.45) is 3.51. The minimum atomic E-state index is -0.388. The normalized spacial score (nSPS) is 13.9. The van der Waals surface area contributed by atoms with Gasteiger partial charge in [0.05, 0.1) is 17.7 Å². The molecule has 2 amide bonds. The summed E-state index contributed by atoms with van der Waals surface area (Å²) in [5, 5.41) is 7.25. The fourth-order valence-electron chi connectivity index (χ4n) is 4.67. The molecule has 2 aromatic heterocycles. The summed E-state index contributed by atoms with van der Waals surface area (Å²) in [5.41, 5.74) is 4.07. The highest BCUT2D eigenvalue weighted by atomic mass is 79.9. The van der Waals surface area contributed by atoms with Crippen LogP contribution in [0.5, 0.6) is 0 Å². The average molecular weight is 575 g/mol. The molecule has 8 nitrogen and oxygen atoms in total. The van der Waals surface area contributed by atoms with E-state index in [0.29, 0.717) is 48.1 Å². The zero-order valence-corrected chi connectivity index (χ0v) is 22.5. The molecule has 1 aliphatic heterocycles. The number of halogens is 1. The molecule has 0 radical (unpaired) electrons. The van der Waals surface area contributed by atoms with Crippen molar-refractivity contribution in [3.8, 4) is 0 Å². The number of aromatic nitrogens is 2. The molecular weight excluding hydrogens is 548 g/mol. The Morgan fingerprint density at radius 3 is 2.34 bits per heavy atom. The number of hydrogen-bond donors (Lipinski definition) is 1. The maximum Gasteiger partial charge on any atom is 0.338 e. The van der Waals surface area contributed by atoms with Gasteiger partial charge in [0, 0.05) is 35.0 Å². The Morgan fingerprint density at radius 1 is 0.974 bits per heavy atom. The summed E-state index contributed by atoms with van der Waals surface area (Å²) in [6.45, 7) is 3.39. The van der Waals surface area contributed by atoms with Gasteiger partial charge in [-0.3, -0.25) is 9.59 Å². The zero-order chi connectivity index (χ0) is 26.6. The molecule has 1 N–H and O–H groups in total. The monoisotopic (exact) mass is 574 g/mol. The zero-order valence-electron chi connectivity index (χ0n) is 20.9. The molecule has 0 aliphatic carbocycles. The quantitative estimate of drug-likeness (QED) is 0.305. The highest BCUT2D eigenvalue weighted by Crippen LogP contribution is 2.29. The van der Waals surface area contributed by atoms with Crippen molar-refractivity contribution in [3.63, 3.8) is 0 Å². The Balaban J connectivity index is 1.15. The van der Waals surface area contributed by atoms with E-state index in [0.717, 1.165) is 22.8 Å². The van der Waals surface area contributed by atoms with Gasteiger partial charge in [0.25, 0.3) is 11.8 Å². The van der Waals surface area contributed by atoms with E-state index in [1.54, 1.807) is 48.0 Å². The summed E-state index contributed by atoms with van der Waals surface area (Å²) in [7, 11) is 0. The third-order valence-electron chi connectivity index (χ3n) is 6.72. The topological polar surface area (TPSA) is 93.0 Å². The number of anilines is 1. The molecule has 0 unspecified atom stereocenters. The van der Waals surface area contributed by atoms with Gasteiger partial charge in [-0.15, -0.1) is 0 Å². The van der Waals surface area contributed by atoms with Crippen LogP contribution in [0.15, 0.2) is 77.4 Å². The van der Waals surface area contributed by atoms with Crippen molar-refractivity contribution in [2.75, 3.05) is 25.0 Å². The van der Waals surface area contributed by atoms with Gasteiger partial charge in [-0.1, -0.05) is 28.1 Å². The van der Waals surface area contributed by atoms with Crippen molar-refractivity contribution in [2.24, 2.45) is 0 Å². The van der Waals surface area contributed by atoms with Crippen molar-refractivity contribution in [3.05, 3.63) is 99.8 Å². The number of piperidine rings is 1. The molecule has 1 aliphatic rings. The van der Waals surface area contributed by atoms with E-state index in [1.165, 1.54) is 5.56 Å². The van der Waals surface area contributed by atoms with Gasteiger partial charge in [0.1, 0.15) is 0 Å². The summed E-state index contributed by atoms with van der Waals surface area (Å²) >= 11 is 3.43. The van der Waals surface area contributed by atoms with Crippen molar-refractivity contribution < 1.29 is 19.1 Å². The van der Waals surface area contributed by atoms with Crippen molar-refractivity contribution >= 4 is 44.9 Å². The molecule has 38 heavy (non-hydrogen) atoms. The first-order valence-electron chi connectivity index (χ1n) is 12.5. The lowest BCUT2D eigenvalue weighted by atomic mass is 9.89. The molecule has 9 heteroatoms. The minimum Gasteiger partial charge on any atom is -0.462 e. The molecule has 1 fully saturated rings. The highest BCUT2D eigenvalue weighted by molar-refractivity contribution is 9.10. The number of esters is 1. The second-order valence-electron chi connectivity index (χ2n) is 9.18. The number of amides is 2. The molecule has 0 saturated carbocycles. The largest absolute Gasteiger partial charge is 0.462 e. The third kappa shape index (κ3) is 5.62. The number of fused-ring (bicyclic) bond motifs is 1. The van der Waals surface area contributed by atoms with Crippen LogP contribution in [0.1, 0.15) is 62.5 Å². The van der Waals surface area contributed by atoms with Gasteiger partial charge in [-0.2, -0.15) is 5.10 Å². The summed E-state index contributed by atoms with van der Waals surface area (Å²) in [6, 6.07) is 20.0. The average Bonchev–Trinajstić information content (AvgIpc) is 3.37. The second-order valence-corrected chi connectivity index (χ2v) is 10.1. The fourth-order valence-corrected chi connectivity index (χ4v) is 5.03. The fraction of sp³-hybridized carbons (Fsp3) is 0.241. The van der Waals surface area contributed by atoms with E-state index >= 15 is 0 Å². The lowest BCUT2D eigenvalue weighted by Crippen LogP contribution is -2.37. The smallest absolute Gasteiger partial charge is 0.338 e.